The molecule has 0 atom stereocenters. The van der Waals surface area contributed by atoms with E-state index in [-0.39, 0.29) is 0 Å². The first-order valence-electron chi connectivity index (χ1n) is 4.07. The maximum Gasteiger partial charge on any atom is 0.0580 e. The zero-order chi connectivity index (χ0) is 6.69. The molecule has 0 aromatic carbocycles. The molecule has 2 saturated heterocycles. The van der Waals surface area contributed by atoms with Gasteiger partial charge in [-0.05, 0) is 25.2 Å². The van der Waals surface area contributed by atoms with Crippen molar-refractivity contribution >= 4 is 0 Å². The van der Waals surface area contributed by atoms with E-state index < -0.39 is 0 Å². The molecule has 3 aliphatic rings. The average Bonchev–Trinajstić information content (AvgIpc) is 1.93. The van der Waals surface area contributed by atoms with Crippen LogP contribution >= 0.6 is 0 Å². The van der Waals surface area contributed by atoms with E-state index in [1.807, 2.05) is 13.8 Å². The second-order valence-corrected chi connectivity index (χ2v) is 2.62. The van der Waals surface area contributed by atoms with Crippen molar-refractivity contribution in [2.75, 3.05) is 6.61 Å². The van der Waals surface area contributed by atoms with Crippen molar-refractivity contribution in [3.05, 3.63) is 0 Å². The van der Waals surface area contributed by atoms with Crippen molar-refractivity contribution in [1.82, 2.24) is 0 Å². The van der Waals surface area contributed by atoms with E-state index in [2.05, 4.69) is 0 Å². The summed E-state index contributed by atoms with van der Waals surface area (Å²) in [6.07, 6.45) is 4.73. The van der Waals surface area contributed by atoms with Crippen LogP contribution in [0.1, 0.15) is 33.1 Å². The molecule has 0 N–H and O–H groups in total. The van der Waals surface area contributed by atoms with E-state index in [9.17, 15) is 0 Å². The maximum atomic E-state index is 5.34. The fourth-order valence-corrected chi connectivity index (χ4v) is 1.45. The van der Waals surface area contributed by atoms with Gasteiger partial charge in [-0.1, -0.05) is 13.8 Å². The summed E-state index contributed by atoms with van der Waals surface area (Å²) in [5.74, 6) is 1.05. The van der Waals surface area contributed by atoms with Crippen LogP contribution < -0.4 is 0 Å². The van der Waals surface area contributed by atoms with Crippen LogP contribution in [0.5, 0.6) is 0 Å². The third-order valence-electron chi connectivity index (χ3n) is 2.07. The Balaban J connectivity index is 0.000000186. The number of hydrogen-bond donors (Lipinski definition) is 0. The van der Waals surface area contributed by atoms with E-state index >= 15 is 0 Å². The van der Waals surface area contributed by atoms with Gasteiger partial charge in [0, 0.05) is 6.61 Å². The molecule has 9 heavy (non-hydrogen) atoms. The lowest BCUT2D eigenvalue weighted by Gasteiger charge is -2.40. The van der Waals surface area contributed by atoms with E-state index in [0.29, 0.717) is 6.10 Å². The normalized spacial score (nSPS) is 38.0. The lowest BCUT2D eigenvalue weighted by atomic mass is 9.78. The van der Waals surface area contributed by atoms with Crippen LogP contribution in [0.2, 0.25) is 0 Å². The number of hydrogen-bond acceptors (Lipinski definition) is 1. The van der Waals surface area contributed by atoms with E-state index in [0.717, 1.165) is 12.5 Å². The third kappa shape index (κ3) is 1.45. The van der Waals surface area contributed by atoms with Crippen LogP contribution in [-0.2, 0) is 4.74 Å². The van der Waals surface area contributed by atoms with Crippen molar-refractivity contribution in [3.8, 4) is 0 Å². The first-order valence-corrected chi connectivity index (χ1v) is 4.07. The van der Waals surface area contributed by atoms with Crippen LogP contribution in [0.3, 0.4) is 0 Å². The van der Waals surface area contributed by atoms with Crippen LogP contribution in [0.15, 0.2) is 0 Å². The zero-order valence-electron chi connectivity index (χ0n) is 6.39. The van der Waals surface area contributed by atoms with Crippen LogP contribution in [0, 0.1) is 5.92 Å². The smallest absolute Gasteiger partial charge is 0.0580 e. The molecule has 1 saturated carbocycles. The van der Waals surface area contributed by atoms with Gasteiger partial charge in [-0.25, -0.2) is 0 Å². The molecule has 1 heteroatoms. The molecule has 0 unspecified atom stereocenters. The van der Waals surface area contributed by atoms with E-state index in [1.54, 1.807) is 0 Å². The highest BCUT2D eigenvalue weighted by atomic mass is 16.5. The second-order valence-electron chi connectivity index (χ2n) is 2.62. The molecule has 3 rings (SSSR count). The highest BCUT2D eigenvalue weighted by molar-refractivity contribution is 4.83. The maximum absolute atomic E-state index is 5.34. The van der Waals surface area contributed by atoms with Gasteiger partial charge in [0.1, 0.15) is 0 Å². The Bertz CT molecular complexity index is 61.1. The van der Waals surface area contributed by atoms with Gasteiger partial charge in [-0.3, -0.25) is 0 Å². The van der Waals surface area contributed by atoms with Crippen molar-refractivity contribution in [2.24, 2.45) is 5.92 Å². The topological polar surface area (TPSA) is 9.23 Å². The first kappa shape index (κ1) is 7.07. The minimum absolute atomic E-state index is 0.679. The molecular formula is C8H16O. The summed E-state index contributed by atoms with van der Waals surface area (Å²) in [6.45, 7) is 5.04. The van der Waals surface area contributed by atoms with Crippen LogP contribution in [-0.4, -0.2) is 12.7 Å². The Labute approximate surface area is 57.4 Å². The third-order valence-corrected chi connectivity index (χ3v) is 2.07. The fourth-order valence-electron chi connectivity index (χ4n) is 1.45. The predicted molar refractivity (Wildman–Crippen MR) is 38.4 cm³/mol. The molecule has 0 amide bonds. The molecule has 0 aromatic heterocycles. The summed E-state index contributed by atoms with van der Waals surface area (Å²) in [5, 5.41) is 0. The summed E-state index contributed by atoms with van der Waals surface area (Å²) in [4.78, 5) is 0. The van der Waals surface area contributed by atoms with Gasteiger partial charge in [0.15, 0.2) is 0 Å². The number of fused-ring (bicyclic) bond motifs is 2. The fraction of sp³-hybridized carbons (Fsp3) is 1.00. The standard InChI is InChI=1S/C6H10O.C2H6/c1-2-7-6-3-5(1)4-6;1-2/h5-6H,1-4H2;1-2H3. The van der Waals surface area contributed by atoms with E-state index in [4.69, 9.17) is 4.74 Å². The number of ether oxygens (including phenoxy) is 1. The Hall–Kier alpha value is -0.0400. The highest BCUT2D eigenvalue weighted by Crippen LogP contribution is 2.36. The molecule has 1 aliphatic carbocycles. The second kappa shape index (κ2) is 3.21. The Kier molecular flexibility index (Phi) is 2.52. The predicted octanol–water partition coefficient (Wildman–Crippen LogP) is 2.21. The molecule has 2 heterocycles. The first-order chi connectivity index (χ1) is 4.45. The van der Waals surface area contributed by atoms with Crippen molar-refractivity contribution in [1.29, 1.82) is 0 Å². The summed E-state index contributed by atoms with van der Waals surface area (Å²) in [7, 11) is 0. The average molecular weight is 128 g/mol. The lowest BCUT2D eigenvalue weighted by Crippen LogP contribution is -2.37. The quantitative estimate of drug-likeness (QED) is 0.486. The summed E-state index contributed by atoms with van der Waals surface area (Å²) in [5.41, 5.74) is 0. The largest absolute Gasteiger partial charge is 0.378 e. The zero-order valence-corrected chi connectivity index (χ0v) is 6.39. The molecule has 3 fully saturated rings. The Morgan fingerprint density at radius 1 is 1.22 bits per heavy atom. The van der Waals surface area contributed by atoms with Gasteiger partial charge in [0.25, 0.3) is 0 Å². The van der Waals surface area contributed by atoms with Crippen molar-refractivity contribution in [3.63, 3.8) is 0 Å². The van der Waals surface area contributed by atoms with Gasteiger partial charge < -0.3 is 4.74 Å². The van der Waals surface area contributed by atoms with Crippen molar-refractivity contribution in [2.45, 2.75) is 39.2 Å². The molecule has 0 spiro atoms. The Morgan fingerprint density at radius 2 is 1.89 bits per heavy atom. The lowest BCUT2D eigenvalue weighted by molar-refractivity contribution is -0.0887. The minimum atomic E-state index is 0.679. The molecule has 0 aromatic rings. The van der Waals surface area contributed by atoms with Gasteiger partial charge in [0.05, 0.1) is 6.10 Å². The molecule has 1 nitrogen and oxygen atoms in total. The molecule has 54 valence electrons. The highest BCUT2D eigenvalue weighted by Gasteiger charge is 2.33. The number of rotatable bonds is 0. The van der Waals surface area contributed by atoms with Gasteiger partial charge >= 0.3 is 0 Å². The van der Waals surface area contributed by atoms with Crippen LogP contribution in [0.4, 0.5) is 0 Å². The van der Waals surface area contributed by atoms with Crippen molar-refractivity contribution < 1.29 is 4.74 Å². The summed E-state index contributed by atoms with van der Waals surface area (Å²) < 4.78 is 5.34. The van der Waals surface area contributed by atoms with E-state index in [1.165, 1.54) is 19.3 Å². The monoisotopic (exact) mass is 128 g/mol. The summed E-state index contributed by atoms with van der Waals surface area (Å²) in [6, 6.07) is 0. The molecule has 2 aliphatic heterocycles. The summed E-state index contributed by atoms with van der Waals surface area (Å²) >= 11 is 0. The Morgan fingerprint density at radius 3 is 2.00 bits per heavy atom. The molecule has 0 radical (unpaired) electrons. The van der Waals surface area contributed by atoms with Gasteiger partial charge in [-0.2, -0.15) is 0 Å². The van der Waals surface area contributed by atoms with Gasteiger partial charge in [0.2, 0.25) is 0 Å². The minimum Gasteiger partial charge on any atom is -0.378 e. The van der Waals surface area contributed by atoms with Gasteiger partial charge in [-0.15, -0.1) is 0 Å². The SMILES string of the molecule is C1CC2CC(C2)O1.CC. The molecular weight excluding hydrogens is 112 g/mol. The van der Waals surface area contributed by atoms with Crippen LogP contribution in [0.25, 0.3) is 0 Å². The molecule has 2 bridgehead atoms.